The van der Waals surface area contributed by atoms with E-state index in [0.29, 0.717) is 26.0 Å². The maximum Gasteiger partial charge on any atom is 0.331 e. The lowest BCUT2D eigenvalue weighted by Gasteiger charge is -2.46. The molecule has 0 amide bonds. The molecule has 2 aromatic carbocycles. The van der Waals surface area contributed by atoms with Gasteiger partial charge in [0.05, 0.1) is 25.2 Å². The molecule has 2 aliphatic heterocycles. The van der Waals surface area contributed by atoms with Crippen LogP contribution in [0.2, 0.25) is 5.04 Å². The molecular weight excluding hydrogens is 454 g/mol. The van der Waals surface area contributed by atoms with Crippen molar-refractivity contribution in [1.29, 1.82) is 0 Å². The SMILES string of the molecule is C=C[C@H](CO[Si](c1ccccc1)(c1ccccc1)C(C)(C)C)N1CC(=O)CC[C@@H]1[C@@H]1C=CC(=O)O1. The van der Waals surface area contributed by atoms with Gasteiger partial charge in [0, 0.05) is 12.5 Å². The summed E-state index contributed by atoms with van der Waals surface area (Å²) in [6.07, 6.45) is 5.92. The second-order valence-electron chi connectivity index (χ2n) is 10.4. The summed E-state index contributed by atoms with van der Waals surface area (Å²) in [5.74, 6) is -0.141. The Morgan fingerprint density at radius 2 is 1.69 bits per heavy atom. The summed E-state index contributed by atoms with van der Waals surface area (Å²) in [6, 6.07) is 20.7. The van der Waals surface area contributed by atoms with E-state index in [1.807, 2.05) is 18.2 Å². The molecule has 184 valence electrons. The number of esters is 1. The summed E-state index contributed by atoms with van der Waals surface area (Å²) in [5, 5.41) is 2.27. The number of likely N-dealkylation sites (tertiary alicyclic amines) is 1. The van der Waals surface area contributed by atoms with Crippen LogP contribution in [0.15, 0.2) is 85.5 Å². The molecule has 0 aromatic heterocycles. The summed E-state index contributed by atoms with van der Waals surface area (Å²) >= 11 is 0. The van der Waals surface area contributed by atoms with Crippen LogP contribution in [0.3, 0.4) is 0 Å². The van der Waals surface area contributed by atoms with Gasteiger partial charge in [0.15, 0.2) is 0 Å². The van der Waals surface area contributed by atoms with E-state index in [4.69, 9.17) is 9.16 Å². The van der Waals surface area contributed by atoms with E-state index in [1.165, 1.54) is 16.4 Å². The van der Waals surface area contributed by atoms with Gasteiger partial charge in [0.2, 0.25) is 0 Å². The lowest BCUT2D eigenvalue weighted by Crippen LogP contribution is -2.67. The van der Waals surface area contributed by atoms with Crippen LogP contribution < -0.4 is 10.4 Å². The van der Waals surface area contributed by atoms with Gasteiger partial charge in [-0.2, -0.15) is 0 Å². The second kappa shape index (κ2) is 10.4. The predicted molar refractivity (Wildman–Crippen MR) is 141 cm³/mol. The van der Waals surface area contributed by atoms with Crippen LogP contribution in [0.25, 0.3) is 0 Å². The van der Waals surface area contributed by atoms with Crippen molar-refractivity contribution in [2.45, 2.75) is 56.8 Å². The van der Waals surface area contributed by atoms with Crippen molar-refractivity contribution < 1.29 is 18.8 Å². The van der Waals surface area contributed by atoms with Gasteiger partial charge in [-0.25, -0.2) is 4.79 Å². The first-order valence-electron chi connectivity index (χ1n) is 12.3. The van der Waals surface area contributed by atoms with Gasteiger partial charge in [0.1, 0.15) is 11.9 Å². The van der Waals surface area contributed by atoms with Crippen LogP contribution >= 0.6 is 0 Å². The van der Waals surface area contributed by atoms with Crippen LogP contribution in [-0.2, 0) is 18.8 Å². The first-order valence-corrected chi connectivity index (χ1v) is 14.2. The molecule has 0 saturated carbocycles. The Labute approximate surface area is 209 Å². The lowest BCUT2D eigenvalue weighted by molar-refractivity contribution is -0.143. The molecule has 0 unspecified atom stereocenters. The van der Waals surface area contributed by atoms with Crippen LogP contribution in [0.4, 0.5) is 0 Å². The summed E-state index contributed by atoms with van der Waals surface area (Å²) in [6.45, 7) is 11.5. The fourth-order valence-corrected chi connectivity index (χ4v) is 10.0. The third-order valence-corrected chi connectivity index (χ3v) is 12.1. The molecule has 0 bridgehead atoms. The number of benzene rings is 2. The minimum atomic E-state index is -2.73. The van der Waals surface area contributed by atoms with Crippen molar-refractivity contribution in [2.75, 3.05) is 13.2 Å². The number of ketones is 1. The zero-order valence-electron chi connectivity index (χ0n) is 20.9. The third kappa shape index (κ3) is 5.10. The molecular formula is C29H35NO4Si. The molecule has 0 radical (unpaired) electrons. The van der Waals surface area contributed by atoms with Crippen LogP contribution in [-0.4, -0.2) is 56.3 Å². The summed E-state index contributed by atoms with van der Waals surface area (Å²) in [5.41, 5.74) is 0. The Hall–Kier alpha value is -2.80. The zero-order valence-corrected chi connectivity index (χ0v) is 21.9. The van der Waals surface area contributed by atoms with E-state index in [9.17, 15) is 9.59 Å². The fraction of sp³-hybridized carbons (Fsp3) is 0.379. The van der Waals surface area contributed by atoms with Crippen molar-refractivity contribution in [3.63, 3.8) is 0 Å². The average Bonchev–Trinajstić information content (AvgIpc) is 3.28. The highest BCUT2D eigenvalue weighted by molar-refractivity contribution is 6.99. The van der Waals surface area contributed by atoms with Gasteiger partial charge >= 0.3 is 5.97 Å². The van der Waals surface area contributed by atoms with E-state index in [-0.39, 0.29) is 35.0 Å². The molecule has 5 nitrogen and oxygen atoms in total. The Morgan fingerprint density at radius 3 is 2.17 bits per heavy atom. The summed E-state index contributed by atoms with van der Waals surface area (Å²) < 4.78 is 12.7. The Bertz CT molecular complexity index is 1040. The molecule has 2 aromatic rings. The predicted octanol–water partition coefficient (Wildman–Crippen LogP) is 3.63. The number of hydrogen-bond acceptors (Lipinski definition) is 5. The summed E-state index contributed by atoms with van der Waals surface area (Å²) in [4.78, 5) is 26.4. The Kier molecular flexibility index (Phi) is 7.55. The Morgan fingerprint density at radius 1 is 1.09 bits per heavy atom. The minimum Gasteiger partial charge on any atom is -0.453 e. The average molecular weight is 490 g/mol. The molecule has 35 heavy (non-hydrogen) atoms. The molecule has 6 heteroatoms. The van der Waals surface area contributed by atoms with Crippen LogP contribution in [0.1, 0.15) is 33.6 Å². The number of Topliss-reactive ketones (excluding diaryl/α,β-unsaturated/α-hetero) is 1. The number of hydrogen-bond donors (Lipinski definition) is 0. The number of cyclic esters (lactones) is 1. The van der Waals surface area contributed by atoms with E-state index >= 15 is 0 Å². The quantitative estimate of drug-likeness (QED) is 0.322. The molecule has 0 spiro atoms. The highest BCUT2D eigenvalue weighted by atomic mass is 28.4. The van der Waals surface area contributed by atoms with Crippen LogP contribution in [0.5, 0.6) is 0 Å². The van der Waals surface area contributed by atoms with Gasteiger partial charge < -0.3 is 9.16 Å². The maximum atomic E-state index is 12.5. The highest BCUT2D eigenvalue weighted by Gasteiger charge is 2.51. The van der Waals surface area contributed by atoms with E-state index in [0.717, 1.165) is 0 Å². The molecule has 0 aliphatic carbocycles. The molecule has 2 aliphatic rings. The minimum absolute atomic E-state index is 0.0823. The molecule has 1 fully saturated rings. The Balaban J connectivity index is 1.69. The molecule has 2 heterocycles. The van der Waals surface area contributed by atoms with Crippen LogP contribution in [0, 0.1) is 0 Å². The molecule has 3 atom stereocenters. The van der Waals surface area contributed by atoms with Gasteiger partial charge in [-0.1, -0.05) is 87.5 Å². The smallest absolute Gasteiger partial charge is 0.331 e. The van der Waals surface area contributed by atoms with Crippen molar-refractivity contribution in [3.8, 4) is 0 Å². The van der Waals surface area contributed by atoms with Crippen molar-refractivity contribution in [3.05, 3.63) is 85.5 Å². The zero-order chi connectivity index (χ0) is 25.1. The van der Waals surface area contributed by atoms with E-state index in [1.54, 1.807) is 6.08 Å². The number of ether oxygens (including phenoxy) is 1. The molecule has 4 rings (SSSR count). The second-order valence-corrected chi connectivity index (χ2v) is 14.7. The van der Waals surface area contributed by atoms with Crippen molar-refractivity contribution in [2.24, 2.45) is 0 Å². The normalized spacial score (nSPS) is 22.1. The topological polar surface area (TPSA) is 55.8 Å². The molecule has 1 saturated heterocycles. The monoisotopic (exact) mass is 489 g/mol. The number of carbonyl (C=O) groups is 2. The maximum absolute atomic E-state index is 12.5. The standard InChI is InChI=1S/C29H35NO4Si/c1-5-22(30-20-23(31)16-17-26(30)27-18-19-28(32)34-27)21-33-35(29(2,3)4,24-12-8-6-9-13-24)25-14-10-7-11-15-25/h5-15,18-19,22,26-27H,1,16-17,20-21H2,2-4H3/t22-,26-,27+/m1/s1. The van der Waals surface area contributed by atoms with Gasteiger partial charge in [-0.15, -0.1) is 6.58 Å². The van der Waals surface area contributed by atoms with Crippen molar-refractivity contribution in [1.82, 2.24) is 4.90 Å². The van der Waals surface area contributed by atoms with Crippen molar-refractivity contribution >= 4 is 30.4 Å². The number of piperidine rings is 1. The number of rotatable bonds is 8. The number of carbonyl (C=O) groups excluding carboxylic acids is 2. The largest absolute Gasteiger partial charge is 0.453 e. The number of nitrogens with zero attached hydrogens (tertiary/aromatic N) is 1. The highest BCUT2D eigenvalue weighted by Crippen LogP contribution is 2.37. The summed E-state index contributed by atoms with van der Waals surface area (Å²) in [7, 11) is -2.73. The van der Waals surface area contributed by atoms with E-state index in [2.05, 4.69) is 80.8 Å². The first-order chi connectivity index (χ1) is 16.8. The fourth-order valence-electron chi connectivity index (χ4n) is 5.45. The first kappa shape index (κ1) is 25.3. The molecule has 0 N–H and O–H groups in total. The van der Waals surface area contributed by atoms with E-state index < -0.39 is 8.32 Å². The lowest BCUT2D eigenvalue weighted by atomic mass is 9.94. The van der Waals surface area contributed by atoms with Gasteiger partial charge in [-0.3, -0.25) is 9.69 Å². The van der Waals surface area contributed by atoms with Gasteiger partial charge in [-0.05, 0) is 27.9 Å². The third-order valence-electron chi connectivity index (χ3n) is 7.14. The van der Waals surface area contributed by atoms with Gasteiger partial charge in [0.25, 0.3) is 8.32 Å².